The van der Waals surface area contributed by atoms with Gasteiger partial charge in [-0.05, 0) is 12.1 Å². The summed E-state index contributed by atoms with van der Waals surface area (Å²) in [7, 11) is 1.38. The smallest absolute Gasteiger partial charge is 0.337 e. The van der Waals surface area contributed by atoms with Crippen LogP contribution in [0.4, 0.5) is 5.69 Å². The second-order valence-corrected chi connectivity index (χ2v) is 2.73. The summed E-state index contributed by atoms with van der Waals surface area (Å²) in [5, 5.41) is 8.72. The second kappa shape index (κ2) is 3.53. The molecule has 1 aromatic rings. The molecular formula is C8H8ClNO3. The van der Waals surface area contributed by atoms with Crippen molar-refractivity contribution in [2.24, 2.45) is 0 Å². The van der Waals surface area contributed by atoms with Gasteiger partial charge in [0.25, 0.3) is 0 Å². The largest absolute Gasteiger partial charge is 0.493 e. The summed E-state index contributed by atoms with van der Waals surface area (Å²) in [4.78, 5) is 10.6. The fraction of sp³-hybridized carbons (Fsp3) is 0.125. The summed E-state index contributed by atoms with van der Waals surface area (Å²) in [5.74, 6) is -0.912. The van der Waals surface area contributed by atoms with Gasteiger partial charge in [-0.1, -0.05) is 11.6 Å². The molecule has 5 heteroatoms. The van der Waals surface area contributed by atoms with Gasteiger partial charge in [0.1, 0.15) is 0 Å². The Bertz CT molecular complexity index is 351. The van der Waals surface area contributed by atoms with Crippen molar-refractivity contribution in [2.45, 2.75) is 0 Å². The van der Waals surface area contributed by atoms with Gasteiger partial charge in [-0.2, -0.15) is 0 Å². The van der Waals surface area contributed by atoms with Crippen LogP contribution >= 0.6 is 11.6 Å². The second-order valence-electron chi connectivity index (χ2n) is 2.35. The van der Waals surface area contributed by atoms with Gasteiger partial charge in [-0.25, -0.2) is 4.79 Å². The van der Waals surface area contributed by atoms with Gasteiger partial charge in [0, 0.05) is 0 Å². The number of nitrogen functional groups attached to an aromatic ring is 1. The highest BCUT2D eigenvalue weighted by Gasteiger charge is 2.14. The molecule has 13 heavy (non-hydrogen) atoms. The van der Waals surface area contributed by atoms with E-state index in [1.807, 2.05) is 0 Å². The highest BCUT2D eigenvalue weighted by atomic mass is 35.5. The van der Waals surface area contributed by atoms with Gasteiger partial charge in [-0.3, -0.25) is 0 Å². The lowest BCUT2D eigenvalue weighted by Gasteiger charge is -2.07. The van der Waals surface area contributed by atoms with Crippen LogP contribution in [0.25, 0.3) is 0 Å². The Morgan fingerprint density at radius 1 is 1.62 bits per heavy atom. The number of hydrogen-bond donors (Lipinski definition) is 2. The molecule has 0 heterocycles. The predicted molar refractivity (Wildman–Crippen MR) is 49.4 cm³/mol. The molecule has 0 aliphatic carbocycles. The number of nitrogens with two attached hydrogens (primary N) is 1. The molecule has 70 valence electrons. The average molecular weight is 202 g/mol. The van der Waals surface area contributed by atoms with Crippen molar-refractivity contribution in [3.8, 4) is 5.75 Å². The van der Waals surface area contributed by atoms with Gasteiger partial charge in [0.05, 0.1) is 23.4 Å². The summed E-state index contributed by atoms with van der Waals surface area (Å²) >= 11 is 5.72. The van der Waals surface area contributed by atoms with Crippen LogP contribution in [0.3, 0.4) is 0 Å². The van der Waals surface area contributed by atoms with Crippen LogP contribution in [0.5, 0.6) is 5.75 Å². The number of methoxy groups -OCH3 is 1. The molecular weight excluding hydrogens is 194 g/mol. The first-order valence-electron chi connectivity index (χ1n) is 3.43. The zero-order valence-corrected chi connectivity index (χ0v) is 7.63. The SMILES string of the molecule is COc1c(N)ccc(C(=O)O)c1Cl. The first-order valence-corrected chi connectivity index (χ1v) is 3.81. The molecule has 0 unspecified atom stereocenters. The van der Waals surface area contributed by atoms with E-state index in [0.717, 1.165) is 0 Å². The van der Waals surface area contributed by atoms with Gasteiger partial charge >= 0.3 is 5.97 Å². The monoisotopic (exact) mass is 201 g/mol. The van der Waals surface area contributed by atoms with Crippen LogP contribution in [0, 0.1) is 0 Å². The van der Waals surface area contributed by atoms with E-state index >= 15 is 0 Å². The Labute approximate surface area is 79.9 Å². The Balaban J connectivity index is 3.35. The molecule has 0 bridgehead atoms. The van der Waals surface area contributed by atoms with Crippen LogP contribution in [0.2, 0.25) is 5.02 Å². The van der Waals surface area contributed by atoms with Crippen molar-refractivity contribution in [2.75, 3.05) is 12.8 Å². The quantitative estimate of drug-likeness (QED) is 0.714. The number of hydrogen-bond acceptors (Lipinski definition) is 3. The summed E-state index contributed by atoms with van der Waals surface area (Å²) in [6.45, 7) is 0. The third kappa shape index (κ3) is 1.67. The van der Waals surface area contributed by atoms with Crippen molar-refractivity contribution in [3.63, 3.8) is 0 Å². The van der Waals surface area contributed by atoms with Gasteiger partial charge in [0.2, 0.25) is 0 Å². The first kappa shape index (κ1) is 9.67. The van der Waals surface area contributed by atoms with E-state index < -0.39 is 5.97 Å². The number of carbonyl (C=O) groups is 1. The minimum Gasteiger partial charge on any atom is -0.493 e. The number of rotatable bonds is 2. The minimum atomic E-state index is -1.11. The summed E-state index contributed by atoms with van der Waals surface area (Å²) in [5.41, 5.74) is 5.80. The Morgan fingerprint density at radius 2 is 2.23 bits per heavy atom. The van der Waals surface area contributed by atoms with E-state index in [4.69, 9.17) is 27.2 Å². The van der Waals surface area contributed by atoms with Gasteiger partial charge in [-0.15, -0.1) is 0 Å². The van der Waals surface area contributed by atoms with Crippen molar-refractivity contribution < 1.29 is 14.6 Å². The first-order chi connectivity index (χ1) is 6.07. The number of aromatic carboxylic acids is 1. The fourth-order valence-corrected chi connectivity index (χ4v) is 1.27. The number of carboxylic acid groups (broad SMARTS) is 1. The molecule has 0 aliphatic heterocycles. The molecule has 0 saturated heterocycles. The lowest BCUT2D eigenvalue weighted by molar-refractivity contribution is 0.0697. The van der Waals surface area contributed by atoms with Gasteiger partial charge in [0.15, 0.2) is 5.75 Å². The molecule has 4 nitrogen and oxygen atoms in total. The number of anilines is 1. The topological polar surface area (TPSA) is 72.5 Å². The van der Waals surface area contributed by atoms with E-state index in [-0.39, 0.29) is 16.3 Å². The minimum absolute atomic E-state index is 0.0206. The number of ether oxygens (including phenoxy) is 1. The molecule has 0 aromatic heterocycles. The van der Waals surface area contributed by atoms with E-state index in [1.165, 1.54) is 19.2 Å². The van der Waals surface area contributed by atoms with E-state index in [9.17, 15) is 4.79 Å². The molecule has 0 aliphatic rings. The Hall–Kier alpha value is -1.42. The predicted octanol–water partition coefficient (Wildman–Crippen LogP) is 1.63. The molecule has 3 N–H and O–H groups in total. The number of benzene rings is 1. The highest BCUT2D eigenvalue weighted by molar-refractivity contribution is 6.35. The zero-order chi connectivity index (χ0) is 10.0. The van der Waals surface area contributed by atoms with Crippen molar-refractivity contribution in [1.82, 2.24) is 0 Å². The summed E-state index contributed by atoms with van der Waals surface area (Å²) in [6.07, 6.45) is 0. The lowest BCUT2D eigenvalue weighted by Crippen LogP contribution is -2.01. The van der Waals surface area contributed by atoms with Crippen LogP contribution in [-0.2, 0) is 0 Å². The normalized spacial score (nSPS) is 9.69. The molecule has 0 spiro atoms. The maximum absolute atomic E-state index is 10.6. The van der Waals surface area contributed by atoms with Crippen molar-refractivity contribution in [1.29, 1.82) is 0 Å². The average Bonchev–Trinajstić information content (AvgIpc) is 2.04. The molecule has 0 amide bonds. The molecule has 0 radical (unpaired) electrons. The van der Waals surface area contributed by atoms with Crippen LogP contribution in [-0.4, -0.2) is 18.2 Å². The Kier molecular flexibility index (Phi) is 2.63. The molecule has 1 rings (SSSR count). The fourth-order valence-electron chi connectivity index (χ4n) is 0.944. The number of carboxylic acids is 1. The zero-order valence-electron chi connectivity index (χ0n) is 6.87. The van der Waals surface area contributed by atoms with Crippen LogP contribution in [0.15, 0.2) is 12.1 Å². The lowest BCUT2D eigenvalue weighted by atomic mass is 10.2. The standard InChI is InChI=1S/C8H8ClNO3/c1-13-7-5(10)3-2-4(6(7)9)8(11)12/h2-3H,10H2,1H3,(H,11,12). The summed E-state index contributed by atoms with van der Waals surface area (Å²) in [6, 6.07) is 2.77. The molecule has 0 fully saturated rings. The van der Waals surface area contributed by atoms with Crippen LogP contribution in [0.1, 0.15) is 10.4 Å². The Morgan fingerprint density at radius 3 is 2.69 bits per heavy atom. The van der Waals surface area contributed by atoms with E-state index in [2.05, 4.69) is 0 Å². The van der Waals surface area contributed by atoms with E-state index in [0.29, 0.717) is 5.69 Å². The van der Waals surface area contributed by atoms with Crippen molar-refractivity contribution in [3.05, 3.63) is 22.7 Å². The third-order valence-corrected chi connectivity index (χ3v) is 1.94. The molecule has 0 saturated carbocycles. The van der Waals surface area contributed by atoms with Crippen LogP contribution < -0.4 is 10.5 Å². The maximum atomic E-state index is 10.6. The summed E-state index contributed by atoms with van der Waals surface area (Å²) < 4.78 is 4.85. The van der Waals surface area contributed by atoms with Gasteiger partial charge < -0.3 is 15.6 Å². The molecule has 0 atom stereocenters. The number of halogens is 1. The molecule has 1 aromatic carbocycles. The maximum Gasteiger partial charge on any atom is 0.337 e. The van der Waals surface area contributed by atoms with E-state index in [1.54, 1.807) is 0 Å². The van der Waals surface area contributed by atoms with Crippen molar-refractivity contribution >= 4 is 23.3 Å². The highest BCUT2D eigenvalue weighted by Crippen LogP contribution is 2.33. The third-order valence-electron chi connectivity index (χ3n) is 1.56.